The SMILES string of the molecule is N#CCc1ccc(C(=O)Nc2cccc(C(F)(F)F)c2)cc1. The summed E-state index contributed by atoms with van der Waals surface area (Å²) in [6.45, 7) is 0. The number of carbonyl (C=O) groups is 1. The highest BCUT2D eigenvalue weighted by molar-refractivity contribution is 6.04. The van der Waals surface area contributed by atoms with Crippen LogP contribution in [0.3, 0.4) is 0 Å². The summed E-state index contributed by atoms with van der Waals surface area (Å²) in [6, 6.07) is 12.7. The molecular formula is C16H11F3N2O. The maximum Gasteiger partial charge on any atom is 0.416 e. The van der Waals surface area contributed by atoms with Gasteiger partial charge >= 0.3 is 6.18 Å². The number of benzene rings is 2. The summed E-state index contributed by atoms with van der Waals surface area (Å²) in [5, 5.41) is 11.0. The molecule has 3 nitrogen and oxygen atoms in total. The minimum atomic E-state index is -4.46. The van der Waals surface area contributed by atoms with E-state index in [1.807, 2.05) is 6.07 Å². The predicted octanol–water partition coefficient (Wildman–Crippen LogP) is 4.02. The van der Waals surface area contributed by atoms with Crippen molar-refractivity contribution in [2.75, 3.05) is 5.32 Å². The summed E-state index contributed by atoms with van der Waals surface area (Å²) in [5.74, 6) is -0.511. The lowest BCUT2D eigenvalue weighted by Gasteiger charge is -2.10. The molecule has 0 radical (unpaired) electrons. The van der Waals surface area contributed by atoms with Gasteiger partial charge in [0.05, 0.1) is 18.1 Å². The third-order valence-corrected chi connectivity index (χ3v) is 2.95. The Bertz CT molecular complexity index is 715. The van der Waals surface area contributed by atoms with E-state index in [-0.39, 0.29) is 12.1 Å². The first-order chi connectivity index (χ1) is 10.4. The molecule has 22 heavy (non-hydrogen) atoms. The fourth-order valence-corrected chi connectivity index (χ4v) is 1.84. The molecule has 2 aromatic rings. The second-order valence-corrected chi connectivity index (χ2v) is 4.56. The molecule has 1 N–H and O–H groups in total. The lowest BCUT2D eigenvalue weighted by Crippen LogP contribution is -2.13. The van der Waals surface area contributed by atoms with Crippen molar-refractivity contribution in [3.05, 3.63) is 65.2 Å². The van der Waals surface area contributed by atoms with Crippen LogP contribution in [0.2, 0.25) is 0 Å². The molecule has 112 valence electrons. The van der Waals surface area contributed by atoms with Crippen molar-refractivity contribution in [1.29, 1.82) is 5.26 Å². The average Bonchev–Trinajstić information content (AvgIpc) is 2.48. The second kappa shape index (κ2) is 6.31. The first-order valence-corrected chi connectivity index (χ1v) is 6.34. The summed E-state index contributed by atoms with van der Waals surface area (Å²) in [6.07, 6.45) is -4.23. The first-order valence-electron chi connectivity index (χ1n) is 6.34. The fourth-order valence-electron chi connectivity index (χ4n) is 1.84. The van der Waals surface area contributed by atoms with Crippen LogP contribution in [0.4, 0.5) is 18.9 Å². The zero-order valence-corrected chi connectivity index (χ0v) is 11.3. The van der Waals surface area contributed by atoms with Crippen molar-refractivity contribution < 1.29 is 18.0 Å². The van der Waals surface area contributed by atoms with Crippen LogP contribution in [-0.2, 0) is 12.6 Å². The van der Waals surface area contributed by atoms with Crippen molar-refractivity contribution in [3.8, 4) is 6.07 Å². The standard InChI is InChI=1S/C16H11F3N2O/c17-16(18,19)13-2-1-3-14(10-13)21-15(22)12-6-4-11(5-7-12)8-9-20/h1-7,10H,8H2,(H,21,22). The Morgan fingerprint density at radius 2 is 1.82 bits per heavy atom. The lowest BCUT2D eigenvalue weighted by atomic mass is 10.1. The summed E-state index contributed by atoms with van der Waals surface area (Å²) < 4.78 is 37.8. The highest BCUT2D eigenvalue weighted by Gasteiger charge is 2.30. The zero-order valence-electron chi connectivity index (χ0n) is 11.3. The van der Waals surface area contributed by atoms with Gasteiger partial charge in [0.25, 0.3) is 5.91 Å². The molecule has 0 aromatic heterocycles. The number of hydrogen-bond donors (Lipinski definition) is 1. The first kappa shape index (κ1) is 15.6. The van der Waals surface area contributed by atoms with Crippen LogP contribution >= 0.6 is 0 Å². The van der Waals surface area contributed by atoms with E-state index >= 15 is 0 Å². The number of alkyl halides is 3. The number of nitrogens with zero attached hydrogens (tertiary/aromatic N) is 1. The molecule has 0 fully saturated rings. The summed E-state index contributed by atoms with van der Waals surface area (Å²) in [5.41, 5.74) is 0.313. The van der Waals surface area contributed by atoms with Gasteiger partial charge < -0.3 is 5.32 Å². The summed E-state index contributed by atoms with van der Waals surface area (Å²) in [7, 11) is 0. The summed E-state index contributed by atoms with van der Waals surface area (Å²) >= 11 is 0. The molecular weight excluding hydrogens is 293 g/mol. The van der Waals surface area contributed by atoms with Crippen molar-refractivity contribution >= 4 is 11.6 Å². The van der Waals surface area contributed by atoms with E-state index in [0.29, 0.717) is 5.56 Å². The molecule has 0 spiro atoms. The van der Waals surface area contributed by atoms with Crippen LogP contribution in [0, 0.1) is 11.3 Å². The lowest BCUT2D eigenvalue weighted by molar-refractivity contribution is -0.137. The molecule has 1 amide bonds. The second-order valence-electron chi connectivity index (χ2n) is 4.56. The van der Waals surface area contributed by atoms with Crippen LogP contribution in [-0.4, -0.2) is 5.91 Å². The normalized spacial score (nSPS) is 10.8. The van der Waals surface area contributed by atoms with E-state index in [1.54, 1.807) is 12.1 Å². The van der Waals surface area contributed by atoms with E-state index in [1.165, 1.54) is 24.3 Å². The van der Waals surface area contributed by atoms with Gasteiger partial charge in [0.15, 0.2) is 0 Å². The van der Waals surface area contributed by atoms with Crippen LogP contribution in [0.1, 0.15) is 21.5 Å². The number of rotatable bonds is 3. The maximum atomic E-state index is 12.6. The Kier molecular flexibility index (Phi) is 4.47. The van der Waals surface area contributed by atoms with Gasteiger partial charge in [-0.15, -0.1) is 0 Å². The van der Waals surface area contributed by atoms with Crippen molar-refractivity contribution in [3.63, 3.8) is 0 Å². The number of nitrogens with one attached hydrogen (secondary N) is 1. The monoisotopic (exact) mass is 304 g/mol. The molecule has 0 aliphatic heterocycles. The van der Waals surface area contributed by atoms with Gasteiger partial charge in [-0.2, -0.15) is 18.4 Å². The van der Waals surface area contributed by atoms with Crippen LogP contribution in [0.15, 0.2) is 48.5 Å². The number of amides is 1. The fraction of sp³-hybridized carbons (Fsp3) is 0.125. The molecule has 0 aliphatic rings. The van der Waals surface area contributed by atoms with E-state index in [2.05, 4.69) is 5.32 Å². The van der Waals surface area contributed by atoms with Gasteiger partial charge in [-0.1, -0.05) is 18.2 Å². The Balaban J connectivity index is 2.13. The smallest absolute Gasteiger partial charge is 0.322 e. The Morgan fingerprint density at radius 3 is 2.41 bits per heavy atom. The molecule has 0 bridgehead atoms. The van der Waals surface area contributed by atoms with Gasteiger partial charge in [-0.05, 0) is 35.9 Å². The van der Waals surface area contributed by atoms with E-state index in [4.69, 9.17) is 5.26 Å². The molecule has 6 heteroatoms. The molecule has 0 heterocycles. The largest absolute Gasteiger partial charge is 0.416 e. The molecule has 2 aromatic carbocycles. The Morgan fingerprint density at radius 1 is 1.14 bits per heavy atom. The molecule has 0 saturated heterocycles. The summed E-state index contributed by atoms with van der Waals surface area (Å²) in [4.78, 5) is 12.0. The van der Waals surface area contributed by atoms with Crippen LogP contribution in [0.25, 0.3) is 0 Å². The van der Waals surface area contributed by atoms with Crippen molar-refractivity contribution in [2.45, 2.75) is 12.6 Å². The van der Waals surface area contributed by atoms with Gasteiger partial charge in [-0.3, -0.25) is 4.79 Å². The minimum absolute atomic E-state index is 0.0703. The Hall–Kier alpha value is -2.81. The third kappa shape index (κ3) is 3.85. The number of anilines is 1. The highest BCUT2D eigenvalue weighted by atomic mass is 19.4. The number of halogens is 3. The van der Waals surface area contributed by atoms with Crippen LogP contribution in [0.5, 0.6) is 0 Å². The van der Waals surface area contributed by atoms with Gasteiger partial charge in [0.1, 0.15) is 0 Å². The van der Waals surface area contributed by atoms with Gasteiger partial charge in [0, 0.05) is 11.3 Å². The minimum Gasteiger partial charge on any atom is -0.322 e. The Labute approximate surface area is 125 Å². The molecule has 0 atom stereocenters. The number of carbonyl (C=O) groups excluding carboxylic acids is 1. The topological polar surface area (TPSA) is 52.9 Å². The van der Waals surface area contributed by atoms with E-state index < -0.39 is 17.6 Å². The molecule has 0 unspecified atom stereocenters. The zero-order chi connectivity index (χ0) is 16.2. The molecule has 2 rings (SSSR count). The number of nitriles is 1. The van der Waals surface area contributed by atoms with E-state index in [9.17, 15) is 18.0 Å². The van der Waals surface area contributed by atoms with Gasteiger partial charge in [0.2, 0.25) is 0 Å². The predicted molar refractivity (Wildman–Crippen MR) is 75.2 cm³/mol. The van der Waals surface area contributed by atoms with Crippen molar-refractivity contribution in [1.82, 2.24) is 0 Å². The van der Waals surface area contributed by atoms with Gasteiger partial charge in [-0.25, -0.2) is 0 Å². The van der Waals surface area contributed by atoms with E-state index in [0.717, 1.165) is 17.7 Å². The van der Waals surface area contributed by atoms with Crippen LogP contribution < -0.4 is 5.32 Å². The highest BCUT2D eigenvalue weighted by Crippen LogP contribution is 2.30. The van der Waals surface area contributed by atoms with Crippen molar-refractivity contribution in [2.24, 2.45) is 0 Å². The molecule has 0 saturated carbocycles. The maximum absolute atomic E-state index is 12.6. The third-order valence-electron chi connectivity index (χ3n) is 2.95. The number of hydrogen-bond acceptors (Lipinski definition) is 2. The quantitative estimate of drug-likeness (QED) is 0.931. The molecule has 0 aliphatic carbocycles. The average molecular weight is 304 g/mol.